The fourth-order valence-corrected chi connectivity index (χ4v) is 3.72. The average molecular weight is 338 g/mol. The van der Waals surface area contributed by atoms with Crippen LogP contribution in [0.3, 0.4) is 0 Å². The van der Waals surface area contributed by atoms with Gasteiger partial charge in [-0.15, -0.1) is 10.2 Å². The number of nitrogens with zero attached hydrogens (tertiary/aromatic N) is 5. The van der Waals surface area contributed by atoms with Gasteiger partial charge < -0.3 is 9.88 Å². The summed E-state index contributed by atoms with van der Waals surface area (Å²) in [6.45, 7) is 2.03. The Bertz CT molecular complexity index is 890. The van der Waals surface area contributed by atoms with Gasteiger partial charge in [0, 0.05) is 24.5 Å². The third-order valence-electron chi connectivity index (χ3n) is 5.11. The highest BCUT2D eigenvalue weighted by Gasteiger charge is 2.25. The fourth-order valence-electron chi connectivity index (χ4n) is 3.72. The van der Waals surface area contributed by atoms with Crippen LogP contribution in [-0.2, 0) is 7.05 Å². The van der Waals surface area contributed by atoms with Crippen molar-refractivity contribution in [2.75, 3.05) is 0 Å². The van der Waals surface area contributed by atoms with Crippen molar-refractivity contribution in [3.05, 3.63) is 42.1 Å². The van der Waals surface area contributed by atoms with E-state index in [4.69, 9.17) is 0 Å². The van der Waals surface area contributed by atoms with E-state index in [0.717, 1.165) is 42.1 Å². The molecule has 7 nitrogen and oxygen atoms in total. The summed E-state index contributed by atoms with van der Waals surface area (Å²) in [7, 11) is 1.87. The molecule has 1 aromatic carbocycles. The van der Waals surface area contributed by atoms with Crippen molar-refractivity contribution in [1.82, 2.24) is 29.9 Å². The molecule has 1 aliphatic carbocycles. The molecule has 25 heavy (non-hydrogen) atoms. The molecule has 1 aliphatic rings. The number of rotatable bonds is 3. The summed E-state index contributed by atoms with van der Waals surface area (Å²) in [5.74, 6) is -0.0797. The Balaban J connectivity index is 1.45. The van der Waals surface area contributed by atoms with E-state index >= 15 is 0 Å². The Hall–Kier alpha value is -2.70. The van der Waals surface area contributed by atoms with E-state index in [-0.39, 0.29) is 11.9 Å². The summed E-state index contributed by atoms with van der Waals surface area (Å²) in [4.78, 5) is 12.7. The van der Waals surface area contributed by atoms with E-state index in [0.29, 0.717) is 11.7 Å². The predicted molar refractivity (Wildman–Crippen MR) is 94.2 cm³/mol. The highest BCUT2D eigenvalue weighted by atomic mass is 16.2. The quantitative estimate of drug-likeness (QED) is 0.795. The number of aryl methyl sites for hydroxylation is 2. The maximum absolute atomic E-state index is 12.7. The van der Waals surface area contributed by atoms with Crippen molar-refractivity contribution in [1.29, 1.82) is 0 Å². The number of benzene rings is 1. The first kappa shape index (κ1) is 15.8. The van der Waals surface area contributed by atoms with Crippen molar-refractivity contribution in [2.45, 2.75) is 44.7 Å². The van der Waals surface area contributed by atoms with Crippen LogP contribution in [-0.4, -0.2) is 36.5 Å². The molecule has 7 heteroatoms. The van der Waals surface area contributed by atoms with Crippen LogP contribution in [0.2, 0.25) is 0 Å². The Morgan fingerprint density at radius 2 is 1.88 bits per heavy atom. The smallest absolute Gasteiger partial charge is 0.272 e. The van der Waals surface area contributed by atoms with Gasteiger partial charge in [0.15, 0.2) is 5.69 Å². The van der Waals surface area contributed by atoms with Gasteiger partial charge in [-0.2, -0.15) is 5.10 Å². The Labute approximate surface area is 146 Å². The summed E-state index contributed by atoms with van der Waals surface area (Å²) in [6.07, 6.45) is 7.49. The lowest BCUT2D eigenvalue weighted by Crippen LogP contribution is -2.38. The normalized spacial score (nSPS) is 20.7. The van der Waals surface area contributed by atoms with Crippen molar-refractivity contribution in [3.63, 3.8) is 0 Å². The second kappa shape index (κ2) is 6.31. The van der Waals surface area contributed by atoms with Gasteiger partial charge in [0.1, 0.15) is 12.7 Å². The SMILES string of the molecule is Cc1ccc2c(c1)c(C(=O)NC1CCC(n3cnnc3)CC1)nn2C. The molecule has 0 radical (unpaired) electrons. The zero-order valence-corrected chi connectivity index (χ0v) is 14.5. The highest BCUT2D eigenvalue weighted by Crippen LogP contribution is 2.28. The van der Waals surface area contributed by atoms with E-state index in [2.05, 4.69) is 25.2 Å². The molecule has 1 amide bonds. The minimum Gasteiger partial charge on any atom is -0.348 e. The minimum absolute atomic E-state index is 0.0797. The van der Waals surface area contributed by atoms with Gasteiger partial charge in [-0.05, 0) is 44.7 Å². The molecular formula is C18H22N6O. The second-order valence-corrected chi connectivity index (χ2v) is 6.88. The van der Waals surface area contributed by atoms with E-state index < -0.39 is 0 Å². The largest absolute Gasteiger partial charge is 0.348 e. The van der Waals surface area contributed by atoms with Gasteiger partial charge in [-0.25, -0.2) is 0 Å². The average Bonchev–Trinajstić information content (AvgIpc) is 3.24. The van der Waals surface area contributed by atoms with Crippen LogP contribution in [0, 0.1) is 6.92 Å². The summed E-state index contributed by atoms with van der Waals surface area (Å²) < 4.78 is 3.83. The molecule has 0 atom stereocenters. The Kier molecular flexibility index (Phi) is 3.99. The number of carbonyl (C=O) groups excluding carboxylic acids is 1. The number of hydrogen-bond acceptors (Lipinski definition) is 4. The summed E-state index contributed by atoms with van der Waals surface area (Å²) in [5.41, 5.74) is 2.62. The van der Waals surface area contributed by atoms with E-state index in [1.807, 2.05) is 32.2 Å². The van der Waals surface area contributed by atoms with Crippen molar-refractivity contribution in [3.8, 4) is 0 Å². The third kappa shape index (κ3) is 3.01. The van der Waals surface area contributed by atoms with Gasteiger partial charge in [-0.3, -0.25) is 9.48 Å². The number of fused-ring (bicyclic) bond motifs is 1. The van der Waals surface area contributed by atoms with Crippen LogP contribution in [0.15, 0.2) is 30.9 Å². The molecule has 1 N–H and O–H groups in total. The molecule has 2 heterocycles. The Morgan fingerprint density at radius 3 is 2.60 bits per heavy atom. The van der Waals surface area contributed by atoms with E-state index in [1.165, 1.54) is 0 Å². The predicted octanol–water partition coefficient (Wildman–Crippen LogP) is 2.39. The molecular weight excluding hydrogens is 316 g/mol. The molecule has 130 valence electrons. The molecule has 0 aliphatic heterocycles. The first-order valence-corrected chi connectivity index (χ1v) is 8.70. The maximum atomic E-state index is 12.7. The topological polar surface area (TPSA) is 77.6 Å². The summed E-state index contributed by atoms with van der Waals surface area (Å²) in [5, 5.41) is 16.3. The molecule has 4 rings (SSSR count). The molecule has 0 unspecified atom stereocenters. The number of nitrogens with one attached hydrogen (secondary N) is 1. The van der Waals surface area contributed by atoms with Gasteiger partial charge in [0.05, 0.1) is 5.52 Å². The molecule has 0 spiro atoms. The zero-order valence-electron chi connectivity index (χ0n) is 14.5. The first-order chi connectivity index (χ1) is 12.1. The van der Waals surface area contributed by atoms with Crippen LogP contribution in [0.1, 0.15) is 47.8 Å². The van der Waals surface area contributed by atoms with E-state index in [9.17, 15) is 4.79 Å². The lowest BCUT2D eigenvalue weighted by Gasteiger charge is -2.29. The maximum Gasteiger partial charge on any atom is 0.272 e. The lowest BCUT2D eigenvalue weighted by molar-refractivity contribution is 0.0918. The first-order valence-electron chi connectivity index (χ1n) is 8.70. The third-order valence-corrected chi connectivity index (χ3v) is 5.11. The Morgan fingerprint density at radius 1 is 1.16 bits per heavy atom. The van der Waals surface area contributed by atoms with Crippen LogP contribution >= 0.6 is 0 Å². The van der Waals surface area contributed by atoms with Gasteiger partial charge in [0.25, 0.3) is 5.91 Å². The number of carbonyl (C=O) groups is 1. The summed E-state index contributed by atoms with van der Waals surface area (Å²) >= 11 is 0. The molecule has 0 saturated heterocycles. The minimum atomic E-state index is -0.0797. The number of amides is 1. The second-order valence-electron chi connectivity index (χ2n) is 6.88. The van der Waals surface area contributed by atoms with Crippen molar-refractivity contribution < 1.29 is 4.79 Å². The van der Waals surface area contributed by atoms with Crippen LogP contribution in [0.4, 0.5) is 0 Å². The number of aromatic nitrogens is 5. The fraction of sp³-hybridized carbons (Fsp3) is 0.444. The number of hydrogen-bond donors (Lipinski definition) is 1. The molecule has 1 saturated carbocycles. The van der Waals surface area contributed by atoms with Gasteiger partial charge in [-0.1, -0.05) is 11.6 Å². The van der Waals surface area contributed by atoms with Crippen LogP contribution in [0.5, 0.6) is 0 Å². The van der Waals surface area contributed by atoms with Crippen LogP contribution in [0.25, 0.3) is 10.9 Å². The summed E-state index contributed by atoms with van der Waals surface area (Å²) in [6, 6.07) is 6.71. The highest BCUT2D eigenvalue weighted by molar-refractivity contribution is 6.05. The molecule has 1 fully saturated rings. The van der Waals surface area contributed by atoms with E-state index in [1.54, 1.807) is 17.3 Å². The molecule has 2 aromatic heterocycles. The molecule has 0 bridgehead atoms. The monoisotopic (exact) mass is 338 g/mol. The molecule has 3 aromatic rings. The lowest BCUT2D eigenvalue weighted by atomic mass is 9.91. The van der Waals surface area contributed by atoms with Crippen LogP contribution < -0.4 is 5.32 Å². The van der Waals surface area contributed by atoms with Crippen molar-refractivity contribution >= 4 is 16.8 Å². The standard InChI is InChI=1S/C18H22N6O/c1-12-3-8-16-15(9-12)17(22-23(16)2)18(25)21-13-4-6-14(7-5-13)24-10-19-20-11-24/h3,8-11,13-14H,4-7H2,1-2H3,(H,21,25). The van der Waals surface area contributed by atoms with Gasteiger partial charge in [0.2, 0.25) is 0 Å². The van der Waals surface area contributed by atoms with Crippen molar-refractivity contribution in [2.24, 2.45) is 7.05 Å². The van der Waals surface area contributed by atoms with Gasteiger partial charge >= 0.3 is 0 Å². The zero-order chi connectivity index (χ0) is 17.4.